The molecular weight excluding hydrogens is 334 g/mol. The molecule has 0 radical (unpaired) electrons. The molecule has 3 N–H and O–H groups in total. The molecule has 0 spiro atoms. The fraction of sp³-hybridized carbons (Fsp3) is 0.300. The Morgan fingerprint density at radius 3 is 2.12 bits per heavy atom. The Morgan fingerprint density at radius 2 is 1.62 bits per heavy atom. The van der Waals surface area contributed by atoms with Crippen LogP contribution in [0.1, 0.15) is 29.9 Å². The molecule has 0 aliphatic heterocycles. The maximum atomic E-state index is 12.2. The smallest absolute Gasteiger partial charge is 0.407 e. The summed E-state index contributed by atoms with van der Waals surface area (Å²) in [6.07, 6.45) is -1.48. The van der Waals surface area contributed by atoms with Gasteiger partial charge in [-0.05, 0) is 35.1 Å². The van der Waals surface area contributed by atoms with Crippen LogP contribution in [-0.4, -0.2) is 40.5 Å². The number of aliphatic hydroxyl groups is 1. The minimum atomic E-state index is -1.62. The molecule has 2 aliphatic rings. The second-order valence-electron chi connectivity index (χ2n) is 6.85. The van der Waals surface area contributed by atoms with Gasteiger partial charge in [0.25, 0.3) is 0 Å². The zero-order valence-corrected chi connectivity index (χ0v) is 14.0. The molecule has 6 nitrogen and oxygen atoms in total. The summed E-state index contributed by atoms with van der Waals surface area (Å²) in [6.45, 7) is 0.152. The third-order valence-corrected chi connectivity index (χ3v) is 5.24. The van der Waals surface area contributed by atoms with Crippen LogP contribution in [0.15, 0.2) is 48.5 Å². The molecule has 1 amide bonds. The topological polar surface area (TPSA) is 95.9 Å². The van der Waals surface area contributed by atoms with E-state index in [0.29, 0.717) is 12.8 Å². The van der Waals surface area contributed by atoms with Crippen molar-refractivity contribution in [1.29, 1.82) is 0 Å². The number of ether oxygens (including phenoxy) is 1. The van der Waals surface area contributed by atoms with Crippen molar-refractivity contribution in [1.82, 2.24) is 5.32 Å². The first kappa shape index (κ1) is 16.6. The number of alkyl carbamates (subject to hydrolysis) is 1. The van der Waals surface area contributed by atoms with Crippen LogP contribution < -0.4 is 5.32 Å². The van der Waals surface area contributed by atoms with Crippen molar-refractivity contribution < 1.29 is 24.5 Å². The number of carboxylic acid groups (broad SMARTS) is 1. The molecule has 2 aromatic rings. The predicted octanol–water partition coefficient (Wildman–Crippen LogP) is 2.50. The first-order valence-electron chi connectivity index (χ1n) is 8.56. The molecule has 1 unspecified atom stereocenters. The number of aliphatic carboxylic acids is 1. The van der Waals surface area contributed by atoms with Crippen molar-refractivity contribution >= 4 is 12.1 Å². The number of rotatable bonds is 5. The number of hydrogen-bond acceptors (Lipinski definition) is 4. The molecule has 0 heterocycles. The van der Waals surface area contributed by atoms with Gasteiger partial charge in [-0.2, -0.15) is 0 Å². The van der Waals surface area contributed by atoms with Crippen molar-refractivity contribution in [3.63, 3.8) is 0 Å². The van der Waals surface area contributed by atoms with E-state index in [1.807, 2.05) is 36.4 Å². The Kier molecular flexibility index (Phi) is 3.92. The molecule has 2 aliphatic carbocycles. The maximum Gasteiger partial charge on any atom is 0.407 e. The minimum Gasteiger partial charge on any atom is -0.479 e. The fourth-order valence-corrected chi connectivity index (χ4v) is 3.68. The van der Waals surface area contributed by atoms with Crippen molar-refractivity contribution in [2.75, 3.05) is 6.61 Å². The highest BCUT2D eigenvalue weighted by Crippen LogP contribution is 2.44. The zero-order valence-electron chi connectivity index (χ0n) is 14.0. The number of aliphatic hydroxyl groups excluding tert-OH is 1. The quantitative estimate of drug-likeness (QED) is 0.768. The predicted molar refractivity (Wildman–Crippen MR) is 93.8 cm³/mol. The molecule has 1 atom stereocenters. The zero-order chi connectivity index (χ0) is 18.3. The van der Waals surface area contributed by atoms with Crippen molar-refractivity contribution in [3.05, 3.63) is 59.7 Å². The van der Waals surface area contributed by atoms with Gasteiger partial charge in [-0.25, -0.2) is 9.59 Å². The number of benzene rings is 2. The monoisotopic (exact) mass is 353 g/mol. The lowest BCUT2D eigenvalue weighted by atomic mass is 9.98. The average molecular weight is 353 g/mol. The molecule has 0 aromatic heterocycles. The van der Waals surface area contributed by atoms with Crippen molar-refractivity contribution in [2.24, 2.45) is 0 Å². The van der Waals surface area contributed by atoms with Crippen LogP contribution in [0.5, 0.6) is 0 Å². The van der Waals surface area contributed by atoms with Gasteiger partial charge < -0.3 is 20.3 Å². The van der Waals surface area contributed by atoms with Crippen LogP contribution in [0.25, 0.3) is 11.1 Å². The Hall–Kier alpha value is -2.86. The van der Waals surface area contributed by atoms with Crippen LogP contribution >= 0.6 is 0 Å². The molecule has 4 rings (SSSR count). The van der Waals surface area contributed by atoms with E-state index in [2.05, 4.69) is 17.4 Å². The first-order valence-corrected chi connectivity index (χ1v) is 8.56. The summed E-state index contributed by atoms with van der Waals surface area (Å²) in [7, 11) is 0. The maximum absolute atomic E-state index is 12.2. The molecule has 6 heteroatoms. The van der Waals surface area contributed by atoms with E-state index < -0.39 is 23.7 Å². The van der Waals surface area contributed by atoms with Gasteiger partial charge in [0.05, 0.1) is 5.54 Å². The average Bonchev–Trinajstić information content (AvgIpc) is 3.35. The van der Waals surface area contributed by atoms with Gasteiger partial charge in [0, 0.05) is 5.92 Å². The second-order valence-corrected chi connectivity index (χ2v) is 6.85. The molecule has 0 saturated heterocycles. The van der Waals surface area contributed by atoms with Crippen LogP contribution in [0.2, 0.25) is 0 Å². The molecular formula is C20H19NO5. The summed E-state index contributed by atoms with van der Waals surface area (Å²) in [5, 5.41) is 21.2. The van der Waals surface area contributed by atoms with Gasteiger partial charge in [-0.1, -0.05) is 48.5 Å². The summed E-state index contributed by atoms with van der Waals surface area (Å²) < 4.78 is 5.39. The normalized spacial score (nSPS) is 17.7. The van der Waals surface area contributed by atoms with Gasteiger partial charge in [0.1, 0.15) is 6.61 Å². The van der Waals surface area contributed by atoms with Crippen LogP contribution in [0.3, 0.4) is 0 Å². The third kappa shape index (κ3) is 2.72. The van der Waals surface area contributed by atoms with Crippen molar-refractivity contribution in [3.8, 4) is 11.1 Å². The van der Waals surface area contributed by atoms with Gasteiger partial charge in [0.2, 0.25) is 0 Å². The number of carbonyl (C=O) groups is 2. The summed E-state index contributed by atoms with van der Waals surface area (Å²) >= 11 is 0. The van der Waals surface area contributed by atoms with E-state index in [4.69, 9.17) is 9.84 Å². The van der Waals surface area contributed by atoms with E-state index >= 15 is 0 Å². The number of nitrogens with one attached hydrogen (secondary N) is 1. The first-order chi connectivity index (χ1) is 12.5. The van der Waals surface area contributed by atoms with E-state index in [1.165, 1.54) is 0 Å². The Balaban J connectivity index is 1.47. The van der Waals surface area contributed by atoms with Crippen LogP contribution in [0.4, 0.5) is 4.79 Å². The van der Waals surface area contributed by atoms with Crippen LogP contribution in [-0.2, 0) is 9.53 Å². The summed E-state index contributed by atoms with van der Waals surface area (Å²) in [4.78, 5) is 23.1. The number of hydrogen-bond donors (Lipinski definition) is 3. The summed E-state index contributed by atoms with van der Waals surface area (Å²) in [5.74, 6) is -1.41. The Labute approximate surface area is 150 Å². The van der Waals surface area contributed by atoms with E-state index in [-0.39, 0.29) is 12.5 Å². The van der Waals surface area contributed by atoms with Gasteiger partial charge in [-0.3, -0.25) is 0 Å². The second kappa shape index (κ2) is 6.14. The number of fused-ring (bicyclic) bond motifs is 3. The standard InChI is InChI=1S/C20H19NO5/c22-17(18(23)24)20(9-10-20)21-19(25)26-11-16-14-7-3-1-5-12(14)13-6-2-4-8-15(13)16/h1-8,16-17,22H,9-11H2,(H,21,25)(H,23,24). The van der Waals surface area contributed by atoms with Gasteiger partial charge in [0.15, 0.2) is 6.10 Å². The highest BCUT2D eigenvalue weighted by Gasteiger charge is 2.54. The highest BCUT2D eigenvalue weighted by molar-refractivity contribution is 5.80. The van der Waals surface area contributed by atoms with Gasteiger partial charge >= 0.3 is 12.1 Å². The molecule has 2 aromatic carbocycles. The number of carbonyl (C=O) groups excluding carboxylic acids is 1. The molecule has 1 saturated carbocycles. The molecule has 1 fully saturated rings. The lowest BCUT2D eigenvalue weighted by Crippen LogP contribution is -2.49. The molecule has 26 heavy (non-hydrogen) atoms. The SMILES string of the molecule is O=C(NC1(C(O)C(=O)O)CC1)OCC1c2ccccc2-c2ccccc21. The van der Waals surface area contributed by atoms with Gasteiger partial charge in [-0.15, -0.1) is 0 Å². The Bertz CT molecular complexity index is 829. The highest BCUT2D eigenvalue weighted by atomic mass is 16.5. The fourth-order valence-electron chi connectivity index (χ4n) is 3.68. The van der Waals surface area contributed by atoms with E-state index in [0.717, 1.165) is 22.3 Å². The number of amides is 1. The lowest BCUT2D eigenvalue weighted by molar-refractivity contribution is -0.148. The van der Waals surface area contributed by atoms with Crippen LogP contribution in [0, 0.1) is 0 Å². The largest absolute Gasteiger partial charge is 0.479 e. The van der Waals surface area contributed by atoms with Crippen molar-refractivity contribution in [2.45, 2.75) is 30.4 Å². The summed E-state index contributed by atoms with van der Waals surface area (Å²) in [5.41, 5.74) is 3.38. The third-order valence-electron chi connectivity index (χ3n) is 5.24. The molecule has 0 bridgehead atoms. The van der Waals surface area contributed by atoms with E-state index in [1.54, 1.807) is 0 Å². The lowest BCUT2D eigenvalue weighted by Gasteiger charge is -2.21. The summed E-state index contributed by atoms with van der Waals surface area (Å²) in [6, 6.07) is 16.0. The number of carboxylic acids is 1. The minimum absolute atomic E-state index is 0.0623. The Morgan fingerprint density at radius 1 is 1.08 bits per heavy atom. The van der Waals surface area contributed by atoms with E-state index in [9.17, 15) is 14.7 Å². The molecule has 134 valence electrons.